The van der Waals surface area contributed by atoms with Crippen molar-refractivity contribution in [3.63, 3.8) is 0 Å². The normalized spacial score (nSPS) is 19.3. The number of para-hydroxylation sites is 1. The number of amides is 1. The van der Waals surface area contributed by atoms with Crippen molar-refractivity contribution in [2.45, 2.75) is 31.8 Å². The summed E-state index contributed by atoms with van der Waals surface area (Å²) in [6, 6.07) is 7.57. The molecule has 0 bridgehead atoms. The van der Waals surface area contributed by atoms with E-state index >= 15 is 0 Å². The smallest absolute Gasteiger partial charge is 0.243 e. The van der Waals surface area contributed by atoms with E-state index < -0.39 is 0 Å². The first-order valence-corrected chi connectivity index (χ1v) is 6.00. The number of aliphatic hydroxyl groups is 1. The minimum absolute atomic E-state index is 0.0120. The van der Waals surface area contributed by atoms with Crippen LogP contribution in [-0.4, -0.2) is 29.7 Å². The van der Waals surface area contributed by atoms with Crippen LogP contribution in [0.4, 0.5) is 5.69 Å². The molecule has 3 N–H and O–H groups in total. The van der Waals surface area contributed by atoms with Crippen molar-refractivity contribution in [1.29, 1.82) is 0 Å². The highest BCUT2D eigenvalue weighted by Crippen LogP contribution is 2.25. The van der Waals surface area contributed by atoms with Crippen LogP contribution in [0.3, 0.4) is 0 Å². The average Bonchev–Trinajstić information content (AvgIpc) is 2.79. The second kappa shape index (κ2) is 5.19. The molecule has 1 aliphatic heterocycles. The van der Waals surface area contributed by atoms with Crippen LogP contribution in [0.1, 0.15) is 18.9 Å². The molecular weight excluding hydrogens is 216 g/mol. The molecule has 92 valence electrons. The van der Waals surface area contributed by atoms with Crippen molar-refractivity contribution in [1.82, 2.24) is 5.32 Å². The molecule has 1 aliphatic rings. The topological polar surface area (TPSA) is 61.4 Å². The molecule has 4 nitrogen and oxygen atoms in total. The predicted octanol–water partition coefficient (Wildman–Crippen LogP) is 0.910. The zero-order valence-electron chi connectivity index (χ0n) is 9.94. The Morgan fingerprint density at radius 1 is 1.59 bits per heavy atom. The van der Waals surface area contributed by atoms with Crippen molar-refractivity contribution in [3.05, 3.63) is 29.8 Å². The van der Waals surface area contributed by atoms with Gasteiger partial charge in [-0.25, -0.2) is 0 Å². The van der Waals surface area contributed by atoms with E-state index in [2.05, 4.69) is 10.6 Å². The number of carbonyl (C=O) groups is 1. The molecule has 0 spiro atoms. The number of fused-ring (bicyclic) bond motifs is 1. The van der Waals surface area contributed by atoms with Crippen molar-refractivity contribution >= 4 is 11.6 Å². The van der Waals surface area contributed by atoms with Gasteiger partial charge < -0.3 is 15.7 Å². The molecule has 1 aromatic rings. The van der Waals surface area contributed by atoms with Crippen LogP contribution in [0.25, 0.3) is 0 Å². The van der Waals surface area contributed by atoms with Crippen LogP contribution < -0.4 is 10.6 Å². The minimum Gasteiger partial charge on any atom is -0.394 e. The second-order valence-corrected chi connectivity index (χ2v) is 4.35. The Bertz CT molecular complexity index is 377. The van der Waals surface area contributed by atoms with Gasteiger partial charge >= 0.3 is 0 Å². The maximum atomic E-state index is 12.0. The van der Waals surface area contributed by atoms with E-state index in [9.17, 15) is 4.79 Å². The lowest BCUT2D eigenvalue weighted by atomic mass is 10.1. The molecule has 0 unspecified atom stereocenters. The Kier molecular flexibility index (Phi) is 3.64. The number of hydrogen-bond donors (Lipinski definition) is 3. The Labute approximate surface area is 101 Å². The van der Waals surface area contributed by atoms with Gasteiger partial charge in [-0.1, -0.05) is 25.1 Å². The molecule has 0 aromatic heterocycles. The lowest BCUT2D eigenvalue weighted by Gasteiger charge is -2.17. The maximum Gasteiger partial charge on any atom is 0.243 e. The zero-order valence-corrected chi connectivity index (χ0v) is 9.94. The molecule has 1 heterocycles. The molecule has 4 heteroatoms. The highest BCUT2D eigenvalue weighted by atomic mass is 16.3. The van der Waals surface area contributed by atoms with E-state index in [-0.39, 0.29) is 24.6 Å². The molecule has 0 saturated heterocycles. The van der Waals surface area contributed by atoms with Gasteiger partial charge in [-0.05, 0) is 18.1 Å². The van der Waals surface area contributed by atoms with Gasteiger partial charge in [-0.3, -0.25) is 4.79 Å². The first-order chi connectivity index (χ1) is 8.24. The predicted molar refractivity (Wildman–Crippen MR) is 66.9 cm³/mol. The van der Waals surface area contributed by atoms with E-state index in [0.29, 0.717) is 6.42 Å². The molecule has 1 aromatic carbocycles. The summed E-state index contributed by atoms with van der Waals surface area (Å²) in [7, 11) is 0. The summed E-state index contributed by atoms with van der Waals surface area (Å²) in [5.41, 5.74) is 2.20. The zero-order chi connectivity index (χ0) is 12.3. The maximum absolute atomic E-state index is 12.0. The third-order valence-electron chi connectivity index (χ3n) is 3.15. The molecule has 0 radical (unpaired) electrons. The largest absolute Gasteiger partial charge is 0.394 e. The Morgan fingerprint density at radius 3 is 3.00 bits per heavy atom. The Hall–Kier alpha value is -1.55. The van der Waals surface area contributed by atoms with Gasteiger partial charge in [0, 0.05) is 12.1 Å². The average molecular weight is 234 g/mol. The lowest BCUT2D eigenvalue weighted by Crippen LogP contribution is -2.45. The summed E-state index contributed by atoms with van der Waals surface area (Å²) in [6.07, 6.45) is 1.45. The summed E-state index contributed by atoms with van der Waals surface area (Å²) < 4.78 is 0. The summed E-state index contributed by atoms with van der Waals surface area (Å²) in [5, 5.41) is 15.1. The van der Waals surface area contributed by atoms with Crippen LogP contribution in [0, 0.1) is 0 Å². The number of rotatable bonds is 4. The van der Waals surface area contributed by atoms with Crippen LogP contribution >= 0.6 is 0 Å². The highest BCUT2D eigenvalue weighted by Gasteiger charge is 2.27. The second-order valence-electron chi connectivity index (χ2n) is 4.35. The van der Waals surface area contributed by atoms with Gasteiger partial charge in [-0.15, -0.1) is 0 Å². The van der Waals surface area contributed by atoms with Crippen LogP contribution in [-0.2, 0) is 11.2 Å². The van der Waals surface area contributed by atoms with E-state index in [1.165, 1.54) is 5.56 Å². The summed E-state index contributed by atoms with van der Waals surface area (Å²) in [5.74, 6) is -0.0397. The summed E-state index contributed by atoms with van der Waals surface area (Å²) >= 11 is 0. The van der Waals surface area contributed by atoms with E-state index in [0.717, 1.165) is 12.1 Å². The highest BCUT2D eigenvalue weighted by molar-refractivity contribution is 5.87. The SMILES string of the molecule is CC[C@@H](CO)NC(=O)[C@@H]1Cc2ccccc2N1. The van der Waals surface area contributed by atoms with Gasteiger partial charge in [0.25, 0.3) is 0 Å². The monoisotopic (exact) mass is 234 g/mol. The molecule has 2 atom stereocenters. The van der Waals surface area contributed by atoms with Gasteiger partial charge in [0.15, 0.2) is 0 Å². The molecular formula is C13H18N2O2. The summed E-state index contributed by atoms with van der Waals surface area (Å²) in [6.45, 7) is 1.93. The molecule has 2 rings (SSSR count). The Balaban J connectivity index is 1.96. The number of hydrogen-bond acceptors (Lipinski definition) is 3. The van der Waals surface area contributed by atoms with Crippen molar-refractivity contribution in [2.75, 3.05) is 11.9 Å². The summed E-state index contributed by atoms with van der Waals surface area (Å²) in [4.78, 5) is 12.0. The molecule has 0 fully saturated rings. The number of benzene rings is 1. The van der Waals surface area contributed by atoms with Crippen LogP contribution in [0.5, 0.6) is 0 Å². The standard InChI is InChI=1S/C13H18N2O2/c1-2-10(8-16)14-13(17)12-7-9-5-3-4-6-11(9)15-12/h3-6,10,12,15-16H,2,7-8H2,1H3,(H,14,17)/t10-,12-/m0/s1. The molecule has 1 amide bonds. The van der Waals surface area contributed by atoms with Crippen LogP contribution in [0.2, 0.25) is 0 Å². The molecule has 0 aliphatic carbocycles. The number of nitrogens with one attached hydrogen (secondary N) is 2. The van der Waals surface area contributed by atoms with Crippen molar-refractivity contribution < 1.29 is 9.90 Å². The first kappa shape index (κ1) is 11.9. The van der Waals surface area contributed by atoms with Crippen LogP contribution in [0.15, 0.2) is 24.3 Å². The third kappa shape index (κ3) is 2.58. The fourth-order valence-corrected chi connectivity index (χ4v) is 2.03. The first-order valence-electron chi connectivity index (χ1n) is 6.00. The quantitative estimate of drug-likeness (QED) is 0.725. The molecule has 0 saturated carbocycles. The molecule has 17 heavy (non-hydrogen) atoms. The number of aliphatic hydroxyl groups excluding tert-OH is 1. The van der Waals surface area contributed by atoms with Gasteiger partial charge in [0.05, 0.1) is 12.6 Å². The lowest BCUT2D eigenvalue weighted by molar-refractivity contribution is -0.122. The third-order valence-corrected chi connectivity index (χ3v) is 3.15. The van der Waals surface area contributed by atoms with Gasteiger partial charge in [-0.2, -0.15) is 0 Å². The van der Waals surface area contributed by atoms with Crippen molar-refractivity contribution in [2.24, 2.45) is 0 Å². The number of anilines is 1. The fourth-order valence-electron chi connectivity index (χ4n) is 2.03. The number of carbonyl (C=O) groups excluding carboxylic acids is 1. The fraction of sp³-hybridized carbons (Fsp3) is 0.462. The van der Waals surface area contributed by atoms with Gasteiger partial charge in [0.1, 0.15) is 6.04 Å². The van der Waals surface area contributed by atoms with E-state index in [4.69, 9.17) is 5.11 Å². The minimum atomic E-state index is -0.215. The van der Waals surface area contributed by atoms with Crippen molar-refractivity contribution in [3.8, 4) is 0 Å². The van der Waals surface area contributed by atoms with E-state index in [1.807, 2.05) is 31.2 Å². The van der Waals surface area contributed by atoms with E-state index in [1.54, 1.807) is 0 Å². The Morgan fingerprint density at radius 2 is 2.35 bits per heavy atom. The van der Waals surface area contributed by atoms with Gasteiger partial charge in [0.2, 0.25) is 5.91 Å².